The van der Waals surface area contributed by atoms with Gasteiger partial charge in [0.05, 0.1) is 26.4 Å². The highest BCUT2D eigenvalue weighted by molar-refractivity contribution is 5.92. The van der Waals surface area contributed by atoms with Crippen LogP contribution in [0.5, 0.6) is 0 Å². The fraction of sp³-hybridized carbons (Fsp3) is 0.543. The number of benzene rings is 4. The van der Waals surface area contributed by atoms with E-state index in [1.54, 1.807) is 47.8 Å². The Morgan fingerprint density at radius 3 is 0.841 bits per heavy atom. The minimum atomic E-state index is -1.05. The van der Waals surface area contributed by atoms with Gasteiger partial charge in [0.25, 0.3) is 0 Å². The van der Waals surface area contributed by atoms with E-state index in [4.69, 9.17) is 9.47 Å². The van der Waals surface area contributed by atoms with Crippen LogP contribution in [0.2, 0.25) is 0 Å². The van der Waals surface area contributed by atoms with Crippen molar-refractivity contribution in [3.63, 3.8) is 0 Å². The summed E-state index contributed by atoms with van der Waals surface area (Å²) in [6.45, 7) is 0.234. The zero-order chi connectivity index (χ0) is 62.1. The van der Waals surface area contributed by atoms with Gasteiger partial charge in [0.15, 0.2) is 0 Å². The van der Waals surface area contributed by atoms with Crippen LogP contribution in [0.3, 0.4) is 0 Å². The zero-order valence-corrected chi connectivity index (χ0v) is 51.9. The number of likely N-dealkylation sites (N-methyl/N-ethyl adjacent to an activating group) is 4. The summed E-state index contributed by atoms with van der Waals surface area (Å²) in [4.78, 5) is 125. The average molecular weight is 1210 g/mol. The van der Waals surface area contributed by atoms with Gasteiger partial charge in [-0.2, -0.15) is 0 Å². The highest BCUT2D eigenvalue weighted by Crippen LogP contribution is 2.33. The SMILES string of the molecule is CN1C(=O)[C@H](Cc2ccccc2)NC(=O)[C@@H]2CCC[C@@H](C2)N(C)C(=O)[C@@H](COCc2ccccc2)NC(=O)[C@@H]2CCC[C@@H](C2)N(C)C(=O)[C@@H](Cc2ccccc2)NC(=O)[C@@H]2CCC[C@@H](C2)N(C)C(=O)[C@@H](COCc2ccccc2)NC(=O)[C@@H]2CCC[C@H]1C2. The molecule has 0 radical (unpaired) electrons. The highest BCUT2D eigenvalue weighted by Gasteiger charge is 2.42. The van der Waals surface area contributed by atoms with E-state index in [1.807, 2.05) is 121 Å². The Morgan fingerprint density at radius 1 is 0.330 bits per heavy atom. The molecule has 18 heteroatoms. The number of carbonyl (C=O) groups is 8. The number of fused-ring (bicyclic) bond motifs is 8. The Morgan fingerprint density at radius 2 is 0.568 bits per heavy atom. The Kier molecular flexibility index (Phi) is 23.4. The van der Waals surface area contributed by atoms with Gasteiger partial charge in [-0.05, 0) is 99.3 Å². The molecule has 0 unspecified atom stereocenters. The first-order chi connectivity index (χ1) is 42.6. The first-order valence-corrected chi connectivity index (χ1v) is 32.2. The van der Waals surface area contributed by atoms with E-state index in [9.17, 15) is 38.4 Å². The molecule has 0 aromatic heterocycles. The lowest BCUT2D eigenvalue weighted by atomic mass is 9.83. The summed E-state index contributed by atoms with van der Waals surface area (Å²) in [6, 6.07) is 32.9. The third kappa shape index (κ3) is 17.5. The van der Waals surface area contributed by atoms with Crippen molar-refractivity contribution in [1.29, 1.82) is 0 Å². The molecular weight excluding hydrogens is 1110 g/mol. The van der Waals surface area contributed by atoms with Gasteiger partial charge in [0.1, 0.15) is 24.2 Å². The fourth-order valence-corrected chi connectivity index (χ4v) is 14.1. The molecule has 5 fully saturated rings. The molecule has 88 heavy (non-hydrogen) atoms. The highest BCUT2D eigenvalue weighted by atomic mass is 16.5. The first-order valence-electron chi connectivity index (χ1n) is 32.2. The van der Waals surface area contributed by atoms with Crippen molar-refractivity contribution >= 4 is 47.3 Å². The van der Waals surface area contributed by atoms with E-state index in [1.165, 1.54) is 0 Å². The number of hydrogen-bond donors (Lipinski definition) is 4. The van der Waals surface area contributed by atoms with Gasteiger partial charge in [-0.1, -0.05) is 147 Å². The van der Waals surface area contributed by atoms with Crippen LogP contribution < -0.4 is 21.3 Å². The van der Waals surface area contributed by atoms with Crippen LogP contribution in [0, 0.1) is 23.7 Å². The second kappa shape index (κ2) is 31.6. The largest absolute Gasteiger partial charge is 0.374 e. The third-order valence-corrected chi connectivity index (χ3v) is 19.5. The second-order valence-electron chi connectivity index (χ2n) is 25.5. The number of hydrogen-bond acceptors (Lipinski definition) is 10. The number of amides is 8. The van der Waals surface area contributed by atoms with Crippen LogP contribution in [-0.2, 0) is 73.9 Å². The molecule has 1 saturated heterocycles. The molecule has 5 aliphatic rings. The van der Waals surface area contributed by atoms with Crippen molar-refractivity contribution in [3.8, 4) is 0 Å². The van der Waals surface area contributed by atoms with Gasteiger partial charge in [0, 0.05) is 88.9 Å². The summed E-state index contributed by atoms with van der Waals surface area (Å²) in [7, 11) is 6.91. The lowest BCUT2D eigenvalue weighted by molar-refractivity contribution is -0.143. The normalized spacial score (nSPS) is 28.8. The molecule has 12 atom stereocenters. The van der Waals surface area contributed by atoms with Crippen LogP contribution in [0.25, 0.3) is 0 Å². The smallest absolute Gasteiger partial charge is 0.247 e. The van der Waals surface area contributed by atoms with Gasteiger partial charge >= 0.3 is 0 Å². The van der Waals surface area contributed by atoms with E-state index in [2.05, 4.69) is 21.3 Å². The Bertz CT molecular complexity index is 2780. The number of nitrogens with one attached hydrogen (secondary N) is 4. The lowest BCUT2D eigenvalue weighted by Gasteiger charge is -2.39. The third-order valence-electron chi connectivity index (χ3n) is 19.5. The summed E-state index contributed by atoms with van der Waals surface area (Å²) in [5.41, 5.74) is 3.55. The Balaban J connectivity index is 0.999. The molecule has 4 aromatic rings. The van der Waals surface area contributed by atoms with Crippen LogP contribution in [0.4, 0.5) is 0 Å². The van der Waals surface area contributed by atoms with Crippen LogP contribution in [0.1, 0.15) is 125 Å². The fourth-order valence-electron chi connectivity index (χ4n) is 14.1. The summed E-state index contributed by atoms with van der Waals surface area (Å²) >= 11 is 0. The molecular formula is C70H92N8O10. The van der Waals surface area contributed by atoms with E-state index in [0.29, 0.717) is 103 Å². The van der Waals surface area contributed by atoms with Crippen molar-refractivity contribution in [2.24, 2.45) is 23.7 Å². The van der Waals surface area contributed by atoms with Gasteiger partial charge in [-0.25, -0.2) is 0 Å². The predicted octanol–water partition coefficient (Wildman–Crippen LogP) is 6.93. The van der Waals surface area contributed by atoms with E-state index >= 15 is 0 Å². The van der Waals surface area contributed by atoms with E-state index < -0.39 is 47.8 Å². The van der Waals surface area contributed by atoms with Crippen molar-refractivity contribution in [2.45, 2.75) is 177 Å². The topological polar surface area (TPSA) is 216 Å². The molecule has 472 valence electrons. The average Bonchev–Trinajstić information content (AvgIpc) is 3.25. The molecule has 1 heterocycles. The molecule has 0 spiro atoms. The maximum Gasteiger partial charge on any atom is 0.247 e. The molecule has 18 nitrogen and oxygen atoms in total. The number of ether oxygens (including phenoxy) is 2. The van der Waals surface area contributed by atoms with Crippen LogP contribution in [0.15, 0.2) is 121 Å². The van der Waals surface area contributed by atoms with Crippen molar-refractivity contribution in [2.75, 3.05) is 41.4 Å². The number of nitrogens with zero attached hydrogens (tertiary/aromatic N) is 4. The van der Waals surface area contributed by atoms with Gasteiger partial charge < -0.3 is 50.3 Å². The standard InChI is InChI=1S/C70H92N8O10/c1-75-55-33-19-31-53(41-55)65(81)73-61(45-87-43-49-25-13-7-14-26-49)69(85)78(4)58-36-18-30-52(40-58)64(80)72-60(38-48-23-11-6-12-24-48)68(84)76(2)56-34-20-32-54(42-56)66(82)74-62(46-88-44-50-27-15-8-16-28-50)70(86)77(3)57-35-17-29-51(39-57)63(79)71-59(67(75)83)37-47-21-9-5-10-22-47/h5-16,21-28,51-62H,17-20,29-46H2,1-4H3,(H,71,79)(H,72,80)(H,73,81)(H,74,82)/t51-,52-,53-,54-,55+,56+,57+,58+,59-,60+,61-,62-/m1/s1. The van der Waals surface area contributed by atoms with Gasteiger partial charge in [-0.3, -0.25) is 38.4 Å². The minimum Gasteiger partial charge on any atom is -0.374 e. The molecule has 9 rings (SSSR count). The Labute approximate surface area is 519 Å². The minimum absolute atomic E-state index is 0.0991. The Hall–Kier alpha value is -7.44. The van der Waals surface area contributed by atoms with Crippen LogP contribution >= 0.6 is 0 Å². The quantitative estimate of drug-likeness (QED) is 0.115. The predicted molar refractivity (Wildman–Crippen MR) is 334 cm³/mol. The summed E-state index contributed by atoms with van der Waals surface area (Å²) in [6.07, 6.45) is 9.22. The summed E-state index contributed by atoms with van der Waals surface area (Å²) in [5, 5.41) is 12.5. The zero-order valence-electron chi connectivity index (χ0n) is 51.9. The maximum atomic E-state index is 14.9. The molecule has 4 aliphatic carbocycles. The second-order valence-corrected chi connectivity index (χ2v) is 25.5. The molecule has 8 amide bonds. The van der Waals surface area contributed by atoms with Crippen LogP contribution in [-0.4, -0.2) is 157 Å². The summed E-state index contributed by atoms with van der Waals surface area (Å²) in [5.74, 6) is -4.52. The van der Waals surface area contributed by atoms with Crippen molar-refractivity contribution in [3.05, 3.63) is 144 Å². The number of carbonyl (C=O) groups excluding carboxylic acids is 8. The molecule has 4 N–H and O–H groups in total. The molecule has 4 saturated carbocycles. The molecule has 8 bridgehead atoms. The first kappa shape index (κ1) is 65.0. The lowest BCUT2D eigenvalue weighted by Crippen LogP contribution is -2.57. The van der Waals surface area contributed by atoms with E-state index in [0.717, 1.165) is 22.3 Å². The van der Waals surface area contributed by atoms with Crippen molar-refractivity contribution in [1.82, 2.24) is 40.9 Å². The molecule has 1 aliphatic heterocycles. The molecule has 4 aromatic carbocycles. The summed E-state index contributed by atoms with van der Waals surface area (Å²) < 4.78 is 12.4. The van der Waals surface area contributed by atoms with Gasteiger partial charge in [-0.15, -0.1) is 0 Å². The van der Waals surface area contributed by atoms with E-state index in [-0.39, 0.29) is 111 Å². The number of rotatable bonds is 12. The van der Waals surface area contributed by atoms with Crippen molar-refractivity contribution < 1.29 is 47.8 Å². The maximum absolute atomic E-state index is 14.9. The monoisotopic (exact) mass is 1200 g/mol. The van der Waals surface area contributed by atoms with Gasteiger partial charge in [0.2, 0.25) is 47.3 Å².